The molecule has 0 unspecified atom stereocenters. The van der Waals surface area contributed by atoms with Crippen LogP contribution in [-0.2, 0) is 23.9 Å². The predicted octanol–water partition coefficient (Wildman–Crippen LogP) is 9.16. The molecule has 3 fully saturated rings. The summed E-state index contributed by atoms with van der Waals surface area (Å²) < 4.78 is 106. The third-order valence-electron chi connectivity index (χ3n) is 12.1. The van der Waals surface area contributed by atoms with Gasteiger partial charge < -0.3 is 43.1 Å². The number of methoxy groups -OCH3 is 2. The van der Waals surface area contributed by atoms with Crippen molar-refractivity contribution in [1.29, 1.82) is 0 Å². The number of rotatable bonds is 16. The summed E-state index contributed by atoms with van der Waals surface area (Å²) in [6, 6.07) is 27.0. The SMILES string of the molecule is COC(=O)C1(Oc2cc(Cl)nc(-c3ccc(Cl)c(F)c3)n2)CC1.COC(=O)C1(Oc2cc(Oc3cccc(F)c3)nc(-c3ccc(Cl)c(F)c3)n2)CC1.O=C([O-])C1(Oc2cc(Oc3cccc(F)c3)nc(-c3ccc(Cl)c(F)c3)n2)CC1.[Na+]. The van der Waals surface area contributed by atoms with Gasteiger partial charge in [-0.3, -0.25) is 0 Å². The second kappa shape index (κ2) is 26.0. The molecule has 3 aliphatic rings. The quantitative estimate of drug-likeness (QED) is 0.0381. The zero-order valence-electron chi connectivity index (χ0n) is 43.4. The van der Waals surface area contributed by atoms with Gasteiger partial charge in [0.15, 0.2) is 23.1 Å². The minimum absolute atomic E-state index is 0. The monoisotopic (exact) mass is 1230 g/mol. The number of ether oxygens (including phenoxy) is 7. The van der Waals surface area contributed by atoms with Crippen molar-refractivity contribution in [1.82, 2.24) is 29.9 Å². The van der Waals surface area contributed by atoms with Crippen molar-refractivity contribution in [2.24, 2.45) is 0 Å². The number of carbonyl (C=O) groups excluding carboxylic acids is 3. The van der Waals surface area contributed by atoms with E-state index in [4.69, 9.17) is 79.6 Å². The molecular formula is C56H38Cl4F5N6NaO11. The van der Waals surface area contributed by atoms with Crippen LogP contribution in [0.3, 0.4) is 0 Å². The van der Waals surface area contributed by atoms with Gasteiger partial charge in [-0.1, -0.05) is 58.5 Å². The van der Waals surface area contributed by atoms with E-state index in [1.54, 1.807) is 12.1 Å². The topological polar surface area (TPSA) is 216 Å². The van der Waals surface area contributed by atoms with Gasteiger partial charge in [-0.2, -0.15) is 24.9 Å². The summed E-state index contributed by atoms with van der Waals surface area (Å²) >= 11 is 23.1. The first-order chi connectivity index (χ1) is 39.2. The molecule has 0 spiro atoms. The molecule has 83 heavy (non-hydrogen) atoms. The zero-order valence-corrected chi connectivity index (χ0v) is 48.4. The fourth-order valence-corrected chi connectivity index (χ4v) is 7.94. The zero-order chi connectivity index (χ0) is 58.5. The van der Waals surface area contributed by atoms with E-state index >= 15 is 0 Å². The summed E-state index contributed by atoms with van der Waals surface area (Å²) in [4.78, 5) is 60.2. The molecule has 3 aliphatic carbocycles. The molecule has 27 heteroatoms. The first-order valence-electron chi connectivity index (χ1n) is 24.2. The van der Waals surface area contributed by atoms with Crippen molar-refractivity contribution in [3.63, 3.8) is 0 Å². The minimum atomic E-state index is -1.47. The van der Waals surface area contributed by atoms with Crippen molar-refractivity contribution in [3.05, 3.63) is 171 Å². The van der Waals surface area contributed by atoms with E-state index in [1.807, 2.05) is 0 Å². The van der Waals surface area contributed by atoms with E-state index in [0.717, 1.165) is 12.1 Å². The van der Waals surface area contributed by atoms with Crippen molar-refractivity contribution < 1.29 is 104 Å². The smallest absolute Gasteiger partial charge is 0.546 e. The number of hydrogen-bond acceptors (Lipinski definition) is 17. The molecule has 0 bridgehead atoms. The normalized spacial score (nSPS) is 14.3. The minimum Gasteiger partial charge on any atom is -0.546 e. The average Bonchev–Trinajstić information content (AvgIpc) is 4.43. The Morgan fingerprint density at radius 3 is 1.11 bits per heavy atom. The van der Waals surface area contributed by atoms with Gasteiger partial charge >= 0.3 is 41.5 Å². The second-order valence-corrected chi connectivity index (χ2v) is 19.8. The molecular weight excluding hydrogens is 1190 g/mol. The van der Waals surface area contributed by atoms with E-state index in [2.05, 4.69) is 29.9 Å². The van der Waals surface area contributed by atoms with Crippen molar-refractivity contribution in [2.75, 3.05) is 14.2 Å². The van der Waals surface area contributed by atoms with Gasteiger partial charge in [0.2, 0.25) is 40.6 Å². The maximum atomic E-state index is 13.9. The number of nitrogens with zero attached hydrogens (tertiary/aromatic N) is 6. The second-order valence-electron chi connectivity index (χ2n) is 18.2. The average molecular weight is 1230 g/mol. The van der Waals surface area contributed by atoms with Gasteiger partial charge in [-0.05, 0) is 91.7 Å². The van der Waals surface area contributed by atoms with Crippen LogP contribution in [0.1, 0.15) is 38.5 Å². The molecule has 8 aromatic rings. The van der Waals surface area contributed by atoms with Gasteiger partial charge in [0.25, 0.3) is 0 Å². The van der Waals surface area contributed by atoms with E-state index in [0.29, 0.717) is 36.8 Å². The van der Waals surface area contributed by atoms with Crippen LogP contribution in [-0.4, -0.2) is 78.8 Å². The van der Waals surface area contributed by atoms with Gasteiger partial charge in [0.05, 0.1) is 47.4 Å². The Labute approximate surface area is 510 Å². The summed E-state index contributed by atoms with van der Waals surface area (Å²) in [6.07, 6.45) is 2.54. The van der Waals surface area contributed by atoms with E-state index in [9.17, 15) is 41.4 Å². The van der Waals surface area contributed by atoms with E-state index < -0.39 is 63.8 Å². The number of aromatic nitrogens is 6. The van der Waals surface area contributed by atoms with Gasteiger partial charge in [0, 0.05) is 60.6 Å². The van der Waals surface area contributed by atoms with Crippen LogP contribution in [0.4, 0.5) is 22.0 Å². The number of carbonyl (C=O) groups is 3. The van der Waals surface area contributed by atoms with Crippen LogP contribution in [0.2, 0.25) is 20.2 Å². The Hall–Kier alpha value is -7.44. The molecule has 3 heterocycles. The molecule has 0 radical (unpaired) electrons. The maximum absolute atomic E-state index is 13.9. The third-order valence-corrected chi connectivity index (χ3v) is 13.2. The Morgan fingerprint density at radius 1 is 0.446 bits per heavy atom. The number of esters is 2. The molecule has 5 aromatic carbocycles. The van der Waals surface area contributed by atoms with Crippen LogP contribution >= 0.6 is 46.4 Å². The molecule has 17 nitrogen and oxygen atoms in total. The molecule has 0 aliphatic heterocycles. The van der Waals surface area contributed by atoms with Crippen LogP contribution in [0.15, 0.2) is 121 Å². The first-order valence-corrected chi connectivity index (χ1v) is 25.7. The van der Waals surface area contributed by atoms with Crippen molar-refractivity contribution in [3.8, 4) is 75.1 Å². The predicted molar refractivity (Wildman–Crippen MR) is 282 cm³/mol. The summed E-state index contributed by atoms with van der Waals surface area (Å²) in [5, 5.41) is 11.3. The molecule has 0 N–H and O–H groups in total. The van der Waals surface area contributed by atoms with Gasteiger partial charge in [-0.25, -0.2) is 36.5 Å². The number of benzene rings is 5. The number of aliphatic carboxylic acids is 1. The Balaban J connectivity index is 0.000000163. The van der Waals surface area contributed by atoms with Gasteiger partial charge in [-0.15, -0.1) is 0 Å². The molecule has 422 valence electrons. The number of carboxylic acids is 1. The van der Waals surface area contributed by atoms with Crippen LogP contribution in [0.25, 0.3) is 34.2 Å². The van der Waals surface area contributed by atoms with Crippen LogP contribution < -0.4 is 58.3 Å². The van der Waals surface area contributed by atoms with Crippen LogP contribution in [0, 0.1) is 29.1 Å². The Kier molecular flexibility index (Phi) is 19.3. The summed E-state index contributed by atoms with van der Waals surface area (Å²) in [6.45, 7) is 0. The Bertz CT molecular complexity index is 3780. The van der Waals surface area contributed by atoms with E-state index in [1.165, 1.54) is 111 Å². The fourth-order valence-electron chi connectivity index (χ4n) is 7.42. The molecule has 3 aromatic heterocycles. The molecule has 0 atom stereocenters. The van der Waals surface area contributed by atoms with E-state index in [-0.39, 0.29) is 127 Å². The molecule has 0 saturated heterocycles. The molecule has 0 amide bonds. The van der Waals surface area contributed by atoms with Crippen LogP contribution in [0.5, 0.6) is 40.9 Å². The first kappa shape index (κ1) is 61.6. The fraction of sp³-hybridized carbons (Fsp3) is 0.196. The molecule has 3 saturated carbocycles. The van der Waals surface area contributed by atoms with Crippen molar-refractivity contribution >= 4 is 64.3 Å². The largest absolute Gasteiger partial charge is 1.00 e. The third kappa shape index (κ3) is 15.4. The van der Waals surface area contributed by atoms with Crippen molar-refractivity contribution in [2.45, 2.75) is 55.3 Å². The summed E-state index contributed by atoms with van der Waals surface area (Å²) in [5.74, 6) is -4.61. The Morgan fingerprint density at radius 2 is 0.783 bits per heavy atom. The maximum Gasteiger partial charge on any atom is 1.00 e. The number of hydrogen-bond donors (Lipinski definition) is 0. The molecule has 11 rings (SSSR count). The standard InChI is InChI=1S/C21H15ClF2N2O4.C20H13ClF2N2O4.C15H11Cl2FN2O3.Na/c1-28-20(27)21(7-8-21)30-18-11-17(29-14-4-2-3-13(23)10-14)25-19(26-18)12-5-6-15(22)16(24)9-12;21-14-5-4-11(8-15(14)23)18-24-16(28-13-3-1-2-12(22)9-13)10-17(25-18)29-20(6-7-20)19(26)27;1-22-14(21)15(4-5-15)23-12-7-11(17)19-13(20-12)8-2-3-9(16)10(18)6-8;/h2-6,9-11H,7-8H2,1H3;1-5,8-10H,6-7H2,(H,26,27);2-3,6-7H,4-5H2,1H3;/q;;;+1/p-1. The summed E-state index contributed by atoms with van der Waals surface area (Å²) in [7, 11) is 2.56. The van der Waals surface area contributed by atoms with Gasteiger partial charge in [0.1, 0.15) is 45.7 Å². The number of halogens is 9. The number of carboxylic acid groups (broad SMARTS) is 1. The summed E-state index contributed by atoms with van der Waals surface area (Å²) in [5.41, 5.74) is -2.64.